The summed E-state index contributed by atoms with van der Waals surface area (Å²) in [5, 5.41) is 0.147. The molecular formula is C11H11NOS. The minimum absolute atomic E-state index is 0.147. The van der Waals surface area contributed by atoms with E-state index in [-0.39, 0.29) is 5.12 Å². The first-order valence-corrected chi connectivity index (χ1v) is 5.20. The van der Waals surface area contributed by atoms with Crippen molar-refractivity contribution in [3.8, 4) is 0 Å². The van der Waals surface area contributed by atoms with E-state index >= 15 is 0 Å². The van der Waals surface area contributed by atoms with Gasteiger partial charge in [-0.2, -0.15) is 0 Å². The van der Waals surface area contributed by atoms with Gasteiger partial charge in [-0.3, -0.25) is 4.79 Å². The smallest absolute Gasteiger partial charge is 0.224 e. The first-order valence-electron chi connectivity index (χ1n) is 4.38. The number of benzene rings is 1. The Kier molecular flexibility index (Phi) is 2.33. The highest BCUT2D eigenvalue weighted by atomic mass is 32.2. The topological polar surface area (TPSA) is 20.3 Å². The average molecular weight is 205 g/mol. The maximum atomic E-state index is 11.6. The molecule has 0 unspecified atom stereocenters. The Bertz CT molecular complexity index is 410. The van der Waals surface area contributed by atoms with Crippen LogP contribution in [-0.4, -0.2) is 24.1 Å². The number of nitrogens with zero attached hydrogens (tertiary/aromatic N) is 1. The van der Waals surface area contributed by atoms with Gasteiger partial charge >= 0.3 is 0 Å². The summed E-state index contributed by atoms with van der Waals surface area (Å²) < 4.78 is 0. The predicted octanol–water partition coefficient (Wildman–Crippen LogP) is 2.43. The number of thioether (sulfide) groups is 1. The summed E-state index contributed by atoms with van der Waals surface area (Å²) in [4.78, 5) is 14.6. The summed E-state index contributed by atoms with van der Waals surface area (Å²) in [5.74, 6) is 0. The van der Waals surface area contributed by atoms with Crippen LogP contribution in [0.5, 0.6) is 0 Å². The van der Waals surface area contributed by atoms with Crippen LogP contribution >= 0.6 is 11.8 Å². The van der Waals surface area contributed by atoms with Gasteiger partial charge in [-0.05, 0) is 17.8 Å². The lowest BCUT2D eigenvalue weighted by Gasteiger charge is -2.06. The van der Waals surface area contributed by atoms with Crippen LogP contribution in [0.3, 0.4) is 0 Å². The van der Waals surface area contributed by atoms with E-state index in [1.54, 1.807) is 0 Å². The summed E-state index contributed by atoms with van der Waals surface area (Å²) in [6.07, 6.45) is 1.98. The van der Waals surface area contributed by atoms with E-state index in [1.807, 2.05) is 49.5 Å². The molecule has 0 aliphatic carbocycles. The molecular weight excluding hydrogens is 194 g/mol. The molecule has 1 aliphatic rings. The quantitative estimate of drug-likeness (QED) is 0.702. The van der Waals surface area contributed by atoms with E-state index in [9.17, 15) is 4.79 Å². The maximum absolute atomic E-state index is 11.6. The van der Waals surface area contributed by atoms with Crippen molar-refractivity contribution in [2.75, 3.05) is 14.1 Å². The van der Waals surface area contributed by atoms with Gasteiger partial charge in [0, 0.05) is 36.3 Å². The average Bonchev–Trinajstić information content (AvgIpc) is 2.44. The molecule has 72 valence electrons. The minimum Gasteiger partial charge on any atom is -0.383 e. The van der Waals surface area contributed by atoms with Gasteiger partial charge in [-0.25, -0.2) is 0 Å². The molecule has 0 fully saturated rings. The molecule has 1 heterocycles. The number of fused-ring (bicyclic) bond motifs is 1. The molecule has 0 aromatic heterocycles. The largest absolute Gasteiger partial charge is 0.383 e. The third-order valence-electron chi connectivity index (χ3n) is 1.99. The molecule has 0 spiro atoms. The van der Waals surface area contributed by atoms with Crippen LogP contribution in [0.25, 0.3) is 4.91 Å². The summed E-state index contributed by atoms with van der Waals surface area (Å²) in [6.45, 7) is 0. The summed E-state index contributed by atoms with van der Waals surface area (Å²) in [7, 11) is 3.91. The van der Waals surface area contributed by atoms with Gasteiger partial charge in [-0.15, -0.1) is 0 Å². The van der Waals surface area contributed by atoms with E-state index < -0.39 is 0 Å². The Morgan fingerprint density at radius 1 is 1.21 bits per heavy atom. The van der Waals surface area contributed by atoms with E-state index in [0.717, 1.165) is 16.0 Å². The SMILES string of the molecule is CN(C)C=C1SC(=O)c2ccccc21. The molecule has 0 N–H and O–H groups in total. The monoisotopic (exact) mass is 205 g/mol. The van der Waals surface area contributed by atoms with Crippen LogP contribution in [0.1, 0.15) is 15.9 Å². The fraction of sp³-hybridized carbons (Fsp3) is 0.182. The summed E-state index contributed by atoms with van der Waals surface area (Å²) in [5.41, 5.74) is 1.88. The lowest BCUT2D eigenvalue weighted by atomic mass is 10.1. The van der Waals surface area contributed by atoms with Gasteiger partial charge in [-0.1, -0.05) is 18.2 Å². The van der Waals surface area contributed by atoms with Crippen molar-refractivity contribution in [3.05, 3.63) is 41.6 Å². The van der Waals surface area contributed by atoms with Crippen molar-refractivity contribution < 1.29 is 4.79 Å². The fourth-order valence-corrected chi connectivity index (χ4v) is 2.46. The van der Waals surface area contributed by atoms with Crippen molar-refractivity contribution in [2.24, 2.45) is 0 Å². The molecule has 0 radical (unpaired) electrons. The van der Waals surface area contributed by atoms with Gasteiger partial charge in [0.05, 0.1) is 0 Å². The molecule has 0 saturated heterocycles. The van der Waals surface area contributed by atoms with Gasteiger partial charge in [0.2, 0.25) is 5.12 Å². The van der Waals surface area contributed by atoms with E-state index in [0.29, 0.717) is 0 Å². The molecule has 2 nitrogen and oxygen atoms in total. The third-order valence-corrected chi connectivity index (χ3v) is 2.94. The zero-order valence-electron chi connectivity index (χ0n) is 8.15. The van der Waals surface area contributed by atoms with E-state index in [1.165, 1.54) is 11.8 Å². The number of carbonyl (C=O) groups excluding carboxylic acids is 1. The zero-order valence-corrected chi connectivity index (χ0v) is 8.97. The van der Waals surface area contributed by atoms with Gasteiger partial charge in [0.25, 0.3) is 0 Å². The molecule has 1 aromatic carbocycles. The first-order chi connectivity index (χ1) is 6.68. The third kappa shape index (κ3) is 1.55. The number of carbonyl (C=O) groups is 1. The van der Waals surface area contributed by atoms with Crippen molar-refractivity contribution >= 4 is 21.8 Å². The predicted molar refractivity (Wildman–Crippen MR) is 60.0 cm³/mol. The maximum Gasteiger partial charge on any atom is 0.224 e. The molecule has 1 aliphatic heterocycles. The fourth-order valence-electron chi connectivity index (χ4n) is 1.42. The highest BCUT2D eigenvalue weighted by molar-refractivity contribution is 8.22. The summed E-state index contributed by atoms with van der Waals surface area (Å²) in [6, 6.07) is 7.72. The molecule has 1 aromatic rings. The minimum atomic E-state index is 0.147. The van der Waals surface area contributed by atoms with Crippen LogP contribution in [0.4, 0.5) is 0 Å². The molecule has 0 bridgehead atoms. The molecule has 0 atom stereocenters. The highest BCUT2D eigenvalue weighted by Crippen LogP contribution is 2.40. The van der Waals surface area contributed by atoms with Crippen LogP contribution in [0.2, 0.25) is 0 Å². The molecule has 0 saturated carbocycles. The Labute approximate surface area is 87.6 Å². The standard InChI is InChI=1S/C11H11NOS/c1-12(2)7-10-8-5-3-4-6-9(8)11(13)14-10/h3-7H,1-2H3. The van der Waals surface area contributed by atoms with Crippen LogP contribution < -0.4 is 0 Å². The second-order valence-corrected chi connectivity index (χ2v) is 4.41. The molecule has 3 heteroatoms. The van der Waals surface area contributed by atoms with Gasteiger partial charge in [0.1, 0.15) is 0 Å². The normalized spacial score (nSPS) is 17.3. The van der Waals surface area contributed by atoms with Gasteiger partial charge < -0.3 is 4.90 Å². The lowest BCUT2D eigenvalue weighted by molar-refractivity contribution is 0.109. The number of hydrogen-bond donors (Lipinski definition) is 0. The van der Waals surface area contributed by atoms with Crippen LogP contribution in [0.15, 0.2) is 30.5 Å². The van der Waals surface area contributed by atoms with Crippen molar-refractivity contribution in [1.82, 2.24) is 4.90 Å². The second-order valence-electron chi connectivity index (χ2n) is 3.39. The van der Waals surface area contributed by atoms with E-state index in [4.69, 9.17) is 0 Å². The zero-order chi connectivity index (χ0) is 10.1. The van der Waals surface area contributed by atoms with Crippen molar-refractivity contribution in [1.29, 1.82) is 0 Å². The lowest BCUT2D eigenvalue weighted by Crippen LogP contribution is -2.01. The van der Waals surface area contributed by atoms with Crippen LogP contribution in [0, 0.1) is 0 Å². The molecule has 2 rings (SSSR count). The van der Waals surface area contributed by atoms with Gasteiger partial charge in [0.15, 0.2) is 0 Å². The second kappa shape index (κ2) is 3.50. The summed E-state index contributed by atoms with van der Waals surface area (Å²) >= 11 is 1.30. The van der Waals surface area contributed by atoms with Crippen molar-refractivity contribution in [3.63, 3.8) is 0 Å². The Balaban J connectivity index is 2.49. The number of rotatable bonds is 1. The molecule has 0 amide bonds. The van der Waals surface area contributed by atoms with Crippen LogP contribution in [-0.2, 0) is 0 Å². The van der Waals surface area contributed by atoms with E-state index in [2.05, 4.69) is 0 Å². The Hall–Kier alpha value is -1.22. The number of hydrogen-bond acceptors (Lipinski definition) is 3. The van der Waals surface area contributed by atoms with Crippen molar-refractivity contribution in [2.45, 2.75) is 0 Å². The Morgan fingerprint density at radius 2 is 1.86 bits per heavy atom. The Morgan fingerprint density at radius 3 is 2.50 bits per heavy atom. The molecule has 14 heavy (non-hydrogen) atoms. The highest BCUT2D eigenvalue weighted by Gasteiger charge is 2.24. The first kappa shape index (κ1) is 9.34.